The molecular weight excluding hydrogens is 436 g/mol. The zero-order valence-electron chi connectivity index (χ0n) is 18.8. The summed E-state index contributed by atoms with van der Waals surface area (Å²) in [5.41, 5.74) is 5.01. The molecule has 0 atom stereocenters. The molecule has 172 valence electrons. The molecule has 0 aromatic heterocycles. The first-order valence-corrected chi connectivity index (χ1v) is 11.5. The molecule has 0 heterocycles. The molecule has 3 aromatic rings. The maximum absolute atomic E-state index is 12.5. The Morgan fingerprint density at radius 3 is 2.03 bits per heavy atom. The van der Waals surface area contributed by atoms with Gasteiger partial charge in [0, 0.05) is 30.2 Å². The molecule has 0 aliphatic rings. The van der Waals surface area contributed by atoms with E-state index in [9.17, 15) is 9.59 Å². The standard InChI is InChI=1S/C27H29ClN2O3/c1-2-30(18-16-26(31)32)19-21-5-3-20(4-6-21)15-17-29-27(33)24-9-7-22(8-10-24)23-11-13-25(28)14-12-23/h3-14H,2,15-19H2,1H3,(H,29,33)(H,31,32). The van der Waals surface area contributed by atoms with Gasteiger partial charge in [-0.05, 0) is 59.5 Å². The van der Waals surface area contributed by atoms with Gasteiger partial charge in [-0.3, -0.25) is 14.5 Å². The Labute approximate surface area is 200 Å². The molecule has 6 heteroatoms. The zero-order valence-corrected chi connectivity index (χ0v) is 19.5. The second kappa shape index (κ2) is 12.2. The maximum atomic E-state index is 12.5. The summed E-state index contributed by atoms with van der Waals surface area (Å²) in [7, 11) is 0. The van der Waals surface area contributed by atoms with Crippen molar-refractivity contribution >= 4 is 23.5 Å². The first kappa shape index (κ1) is 24.5. The third-order valence-corrected chi connectivity index (χ3v) is 5.79. The van der Waals surface area contributed by atoms with Gasteiger partial charge in [0.15, 0.2) is 0 Å². The fourth-order valence-electron chi connectivity index (χ4n) is 3.55. The van der Waals surface area contributed by atoms with Gasteiger partial charge < -0.3 is 10.4 Å². The smallest absolute Gasteiger partial charge is 0.304 e. The lowest BCUT2D eigenvalue weighted by atomic mass is 10.0. The maximum Gasteiger partial charge on any atom is 0.304 e. The molecule has 3 rings (SSSR count). The number of carboxylic acid groups (broad SMARTS) is 1. The summed E-state index contributed by atoms with van der Waals surface area (Å²) in [5, 5.41) is 12.5. The number of halogens is 1. The van der Waals surface area contributed by atoms with E-state index in [0.29, 0.717) is 23.7 Å². The van der Waals surface area contributed by atoms with E-state index in [-0.39, 0.29) is 12.3 Å². The molecule has 0 unspecified atom stereocenters. The van der Waals surface area contributed by atoms with Crippen LogP contribution in [0.1, 0.15) is 34.8 Å². The van der Waals surface area contributed by atoms with Crippen molar-refractivity contribution in [2.24, 2.45) is 0 Å². The predicted octanol–water partition coefficient (Wildman–Crippen LogP) is 5.28. The van der Waals surface area contributed by atoms with E-state index >= 15 is 0 Å². The molecule has 2 N–H and O–H groups in total. The summed E-state index contributed by atoms with van der Waals surface area (Å²) < 4.78 is 0. The average Bonchev–Trinajstić information content (AvgIpc) is 2.83. The van der Waals surface area contributed by atoms with E-state index in [1.807, 2.05) is 55.5 Å². The topological polar surface area (TPSA) is 69.6 Å². The quantitative estimate of drug-likeness (QED) is 0.405. The van der Waals surface area contributed by atoms with Crippen molar-refractivity contribution in [1.29, 1.82) is 0 Å². The third-order valence-electron chi connectivity index (χ3n) is 5.54. The molecule has 0 fully saturated rings. The molecule has 33 heavy (non-hydrogen) atoms. The lowest BCUT2D eigenvalue weighted by molar-refractivity contribution is -0.137. The van der Waals surface area contributed by atoms with Crippen molar-refractivity contribution in [3.8, 4) is 11.1 Å². The minimum atomic E-state index is -0.775. The lowest BCUT2D eigenvalue weighted by Crippen LogP contribution is -2.26. The fourth-order valence-corrected chi connectivity index (χ4v) is 3.68. The molecule has 5 nitrogen and oxygen atoms in total. The highest BCUT2D eigenvalue weighted by Gasteiger charge is 2.08. The van der Waals surface area contributed by atoms with Crippen LogP contribution in [0, 0.1) is 0 Å². The Morgan fingerprint density at radius 2 is 1.45 bits per heavy atom. The highest BCUT2D eigenvalue weighted by atomic mass is 35.5. The Balaban J connectivity index is 1.46. The van der Waals surface area contributed by atoms with Crippen molar-refractivity contribution in [1.82, 2.24) is 10.2 Å². The van der Waals surface area contributed by atoms with Crippen LogP contribution in [-0.2, 0) is 17.8 Å². The van der Waals surface area contributed by atoms with Crippen LogP contribution in [0.4, 0.5) is 0 Å². The van der Waals surface area contributed by atoms with Crippen molar-refractivity contribution in [3.05, 3.63) is 94.5 Å². The number of carboxylic acids is 1. The molecule has 3 aromatic carbocycles. The lowest BCUT2D eigenvalue weighted by Gasteiger charge is -2.19. The van der Waals surface area contributed by atoms with Crippen LogP contribution in [0.25, 0.3) is 11.1 Å². The van der Waals surface area contributed by atoms with Crippen molar-refractivity contribution in [2.45, 2.75) is 26.3 Å². The minimum absolute atomic E-state index is 0.0914. The van der Waals surface area contributed by atoms with Gasteiger partial charge in [0.2, 0.25) is 0 Å². The second-order valence-electron chi connectivity index (χ2n) is 7.92. The first-order valence-electron chi connectivity index (χ1n) is 11.1. The van der Waals surface area contributed by atoms with Gasteiger partial charge in [-0.25, -0.2) is 0 Å². The summed E-state index contributed by atoms with van der Waals surface area (Å²) in [4.78, 5) is 25.4. The van der Waals surface area contributed by atoms with Gasteiger partial charge in [-0.2, -0.15) is 0 Å². The third kappa shape index (κ3) is 7.74. The van der Waals surface area contributed by atoms with Crippen molar-refractivity contribution in [3.63, 3.8) is 0 Å². The zero-order chi connectivity index (χ0) is 23.6. The molecule has 0 saturated carbocycles. The molecule has 0 aliphatic carbocycles. The predicted molar refractivity (Wildman–Crippen MR) is 133 cm³/mol. The molecule has 0 radical (unpaired) electrons. The highest BCUT2D eigenvalue weighted by Crippen LogP contribution is 2.22. The Hall–Kier alpha value is -3.15. The number of benzene rings is 3. The summed E-state index contributed by atoms with van der Waals surface area (Å²) >= 11 is 5.94. The number of rotatable bonds is 11. The number of aliphatic carboxylic acids is 1. The normalized spacial score (nSPS) is 10.9. The van der Waals surface area contributed by atoms with Crippen LogP contribution in [-0.4, -0.2) is 41.5 Å². The van der Waals surface area contributed by atoms with E-state index in [2.05, 4.69) is 34.5 Å². The van der Waals surface area contributed by atoms with Crippen LogP contribution in [0.2, 0.25) is 5.02 Å². The van der Waals surface area contributed by atoms with E-state index in [0.717, 1.165) is 41.8 Å². The van der Waals surface area contributed by atoms with Crippen LogP contribution >= 0.6 is 11.6 Å². The minimum Gasteiger partial charge on any atom is -0.481 e. The van der Waals surface area contributed by atoms with E-state index in [1.165, 1.54) is 0 Å². The number of nitrogens with one attached hydrogen (secondary N) is 1. The number of hydrogen-bond acceptors (Lipinski definition) is 3. The second-order valence-corrected chi connectivity index (χ2v) is 8.36. The molecule has 0 aliphatic heterocycles. The molecule has 0 spiro atoms. The number of amides is 1. The summed E-state index contributed by atoms with van der Waals surface area (Å²) in [6, 6.07) is 23.4. The molecular formula is C27H29ClN2O3. The Kier molecular flexibility index (Phi) is 9.04. The van der Waals surface area contributed by atoms with E-state index in [1.54, 1.807) is 0 Å². The Morgan fingerprint density at radius 1 is 0.879 bits per heavy atom. The van der Waals surface area contributed by atoms with E-state index in [4.69, 9.17) is 16.7 Å². The van der Waals surface area contributed by atoms with Gasteiger partial charge in [0.1, 0.15) is 0 Å². The number of carbonyl (C=O) groups is 2. The van der Waals surface area contributed by atoms with Crippen LogP contribution < -0.4 is 5.32 Å². The van der Waals surface area contributed by atoms with Gasteiger partial charge in [0.05, 0.1) is 6.42 Å². The van der Waals surface area contributed by atoms with Crippen LogP contribution in [0.15, 0.2) is 72.8 Å². The van der Waals surface area contributed by atoms with Crippen LogP contribution in [0.5, 0.6) is 0 Å². The average molecular weight is 465 g/mol. The largest absolute Gasteiger partial charge is 0.481 e. The van der Waals surface area contributed by atoms with Crippen LogP contribution in [0.3, 0.4) is 0 Å². The highest BCUT2D eigenvalue weighted by molar-refractivity contribution is 6.30. The van der Waals surface area contributed by atoms with Crippen molar-refractivity contribution in [2.75, 3.05) is 19.6 Å². The van der Waals surface area contributed by atoms with Gasteiger partial charge in [-0.15, -0.1) is 0 Å². The van der Waals surface area contributed by atoms with Crippen molar-refractivity contribution < 1.29 is 14.7 Å². The molecule has 1 amide bonds. The van der Waals surface area contributed by atoms with Gasteiger partial charge in [-0.1, -0.05) is 67.1 Å². The summed E-state index contributed by atoms with van der Waals surface area (Å²) in [6.07, 6.45) is 0.890. The van der Waals surface area contributed by atoms with Gasteiger partial charge in [0.25, 0.3) is 5.91 Å². The molecule has 0 bridgehead atoms. The summed E-state index contributed by atoms with van der Waals surface area (Å²) in [6.45, 7) is 4.66. The first-order chi connectivity index (χ1) is 15.9. The summed E-state index contributed by atoms with van der Waals surface area (Å²) in [5.74, 6) is -0.866. The Bertz CT molecular complexity index is 1050. The number of nitrogens with zero attached hydrogens (tertiary/aromatic N) is 1. The monoisotopic (exact) mass is 464 g/mol. The van der Waals surface area contributed by atoms with Gasteiger partial charge >= 0.3 is 5.97 Å². The number of carbonyl (C=O) groups excluding carboxylic acids is 1. The molecule has 0 saturated heterocycles. The number of hydrogen-bond donors (Lipinski definition) is 2. The fraction of sp³-hybridized carbons (Fsp3) is 0.259. The van der Waals surface area contributed by atoms with E-state index < -0.39 is 5.97 Å². The SMILES string of the molecule is CCN(CCC(=O)O)Cc1ccc(CCNC(=O)c2ccc(-c3ccc(Cl)cc3)cc2)cc1.